The van der Waals surface area contributed by atoms with Gasteiger partial charge in [-0.25, -0.2) is 4.98 Å². The third-order valence-electron chi connectivity index (χ3n) is 3.72. The number of aromatic nitrogens is 5. The highest BCUT2D eigenvalue weighted by molar-refractivity contribution is 5.83. The number of methoxy groups -OCH3 is 1. The molecule has 0 spiro atoms. The van der Waals surface area contributed by atoms with Gasteiger partial charge >= 0.3 is 0 Å². The molecule has 6 nitrogen and oxygen atoms in total. The Bertz CT molecular complexity index is 1000. The topological polar surface area (TPSA) is 79.5 Å². The molecule has 0 bridgehead atoms. The van der Waals surface area contributed by atoms with Crippen LogP contribution in [0, 0.1) is 0 Å². The van der Waals surface area contributed by atoms with Gasteiger partial charge in [0.05, 0.1) is 18.1 Å². The average Bonchev–Trinajstić information content (AvgIpc) is 3.26. The molecular weight excluding hydrogens is 302 g/mol. The second kappa shape index (κ2) is 6.00. The number of benzene rings is 1. The number of nitrogens with one attached hydrogen (secondary N) is 2. The van der Waals surface area contributed by atoms with Gasteiger partial charge in [0.1, 0.15) is 11.4 Å². The number of H-pyrrole nitrogens is 2. The first kappa shape index (κ1) is 14.2. The van der Waals surface area contributed by atoms with E-state index < -0.39 is 0 Å². The van der Waals surface area contributed by atoms with Crippen molar-refractivity contribution >= 4 is 23.2 Å². The summed E-state index contributed by atoms with van der Waals surface area (Å²) in [7, 11) is 1.65. The summed E-state index contributed by atoms with van der Waals surface area (Å²) >= 11 is 0. The molecule has 4 aromatic rings. The molecule has 2 N–H and O–H groups in total. The van der Waals surface area contributed by atoms with Crippen molar-refractivity contribution in [2.75, 3.05) is 7.11 Å². The largest absolute Gasteiger partial charge is 0.497 e. The fourth-order valence-electron chi connectivity index (χ4n) is 2.50. The number of nitrogens with zero attached hydrogens (tertiary/aromatic N) is 3. The Kier molecular flexibility index (Phi) is 3.55. The van der Waals surface area contributed by atoms with E-state index in [0.29, 0.717) is 5.82 Å². The first-order chi connectivity index (χ1) is 11.8. The molecule has 0 fully saturated rings. The molecule has 0 aliphatic carbocycles. The molecule has 0 amide bonds. The predicted molar refractivity (Wildman–Crippen MR) is 93.4 cm³/mol. The Morgan fingerprint density at radius 3 is 2.96 bits per heavy atom. The first-order valence-electron chi connectivity index (χ1n) is 7.49. The van der Waals surface area contributed by atoms with Crippen LogP contribution in [0.3, 0.4) is 0 Å². The summed E-state index contributed by atoms with van der Waals surface area (Å²) in [6.45, 7) is 0. The first-order valence-corrected chi connectivity index (χ1v) is 7.49. The van der Waals surface area contributed by atoms with Crippen LogP contribution < -0.4 is 4.74 Å². The minimum Gasteiger partial charge on any atom is -0.497 e. The molecule has 4 rings (SSSR count). The molecule has 0 aliphatic heterocycles. The highest BCUT2D eigenvalue weighted by atomic mass is 16.5. The molecule has 0 radical (unpaired) electrons. The number of hydrogen-bond donors (Lipinski definition) is 2. The van der Waals surface area contributed by atoms with E-state index in [1.807, 2.05) is 54.9 Å². The summed E-state index contributed by atoms with van der Waals surface area (Å²) in [5, 5.41) is 7.22. The maximum absolute atomic E-state index is 5.25. The molecule has 24 heavy (non-hydrogen) atoms. The molecule has 0 saturated heterocycles. The summed E-state index contributed by atoms with van der Waals surface area (Å²) < 4.78 is 5.25. The lowest BCUT2D eigenvalue weighted by Crippen LogP contribution is -1.83. The number of pyridine rings is 1. The molecule has 0 saturated carbocycles. The predicted octanol–water partition coefficient (Wildman–Crippen LogP) is 3.53. The molecule has 6 heteroatoms. The van der Waals surface area contributed by atoms with Crippen molar-refractivity contribution in [2.45, 2.75) is 0 Å². The van der Waals surface area contributed by atoms with Crippen molar-refractivity contribution < 1.29 is 4.74 Å². The normalized spacial score (nSPS) is 11.4. The number of hydrogen-bond acceptors (Lipinski definition) is 4. The molecule has 1 aromatic carbocycles. The molecule has 0 aliphatic rings. The Balaban J connectivity index is 1.70. The van der Waals surface area contributed by atoms with Crippen LogP contribution in [0.1, 0.15) is 11.1 Å². The summed E-state index contributed by atoms with van der Waals surface area (Å²) in [6.07, 6.45) is 9.39. The quantitative estimate of drug-likeness (QED) is 0.603. The van der Waals surface area contributed by atoms with Gasteiger partial charge in [0.2, 0.25) is 0 Å². The van der Waals surface area contributed by atoms with Crippen LogP contribution in [0.5, 0.6) is 5.75 Å². The van der Waals surface area contributed by atoms with Gasteiger partial charge < -0.3 is 9.72 Å². The number of imidazole rings is 1. The van der Waals surface area contributed by atoms with Crippen molar-refractivity contribution in [1.82, 2.24) is 25.1 Å². The van der Waals surface area contributed by atoms with Crippen molar-refractivity contribution in [1.29, 1.82) is 0 Å². The van der Waals surface area contributed by atoms with E-state index in [4.69, 9.17) is 4.74 Å². The third-order valence-corrected chi connectivity index (χ3v) is 3.72. The van der Waals surface area contributed by atoms with Gasteiger partial charge in [-0.05, 0) is 23.8 Å². The minimum absolute atomic E-state index is 0.713. The van der Waals surface area contributed by atoms with Crippen molar-refractivity contribution in [3.63, 3.8) is 0 Å². The molecular formula is C18H15N5O. The third kappa shape index (κ3) is 2.65. The lowest BCUT2D eigenvalue weighted by atomic mass is 10.2. The summed E-state index contributed by atoms with van der Waals surface area (Å²) in [5.41, 5.74) is 4.53. The SMILES string of the molecule is COc1ccc2nc(-c3n[nH]cc3C=Cc3cccnc3)[nH]c2c1. The molecule has 118 valence electrons. The van der Waals surface area contributed by atoms with Crippen molar-refractivity contribution in [3.05, 3.63) is 60.0 Å². The molecule has 3 heterocycles. The van der Waals surface area contributed by atoms with E-state index in [9.17, 15) is 0 Å². The molecule has 0 atom stereocenters. The second-order valence-corrected chi connectivity index (χ2v) is 5.28. The average molecular weight is 317 g/mol. The van der Waals surface area contributed by atoms with Gasteiger partial charge in [-0.15, -0.1) is 0 Å². The van der Waals surface area contributed by atoms with Gasteiger partial charge in [0.15, 0.2) is 5.82 Å². The Hall–Kier alpha value is -3.41. The zero-order valence-corrected chi connectivity index (χ0v) is 13.0. The van der Waals surface area contributed by atoms with Gasteiger partial charge in [0, 0.05) is 30.2 Å². The standard InChI is InChI=1S/C18H15N5O/c1-24-14-6-7-15-16(9-14)22-18(21-15)17-13(11-20-23-17)5-4-12-3-2-8-19-10-12/h2-11H,1H3,(H,20,23)(H,21,22). The number of fused-ring (bicyclic) bond motifs is 1. The van der Waals surface area contributed by atoms with Crippen LogP contribution in [0.2, 0.25) is 0 Å². The van der Waals surface area contributed by atoms with Crippen molar-refractivity contribution in [3.8, 4) is 17.3 Å². The monoisotopic (exact) mass is 317 g/mol. The van der Waals surface area contributed by atoms with Crippen molar-refractivity contribution in [2.24, 2.45) is 0 Å². The van der Waals surface area contributed by atoms with Crippen LogP contribution in [0.4, 0.5) is 0 Å². The fourth-order valence-corrected chi connectivity index (χ4v) is 2.50. The van der Waals surface area contributed by atoms with Crippen LogP contribution in [-0.4, -0.2) is 32.3 Å². The van der Waals surface area contributed by atoms with Gasteiger partial charge in [-0.2, -0.15) is 5.10 Å². The van der Waals surface area contributed by atoms with Crippen LogP contribution in [0.25, 0.3) is 34.7 Å². The van der Waals surface area contributed by atoms with Crippen LogP contribution in [-0.2, 0) is 0 Å². The minimum atomic E-state index is 0.713. The smallest absolute Gasteiger partial charge is 0.159 e. The van der Waals surface area contributed by atoms with Crippen LogP contribution >= 0.6 is 0 Å². The van der Waals surface area contributed by atoms with Crippen LogP contribution in [0.15, 0.2) is 48.9 Å². The van der Waals surface area contributed by atoms with E-state index in [1.165, 1.54) is 0 Å². The molecule has 3 aromatic heterocycles. The molecule has 0 unspecified atom stereocenters. The maximum Gasteiger partial charge on any atom is 0.159 e. The summed E-state index contributed by atoms with van der Waals surface area (Å²) in [6, 6.07) is 9.63. The van der Waals surface area contributed by atoms with Gasteiger partial charge in [-0.1, -0.05) is 18.2 Å². The lowest BCUT2D eigenvalue weighted by Gasteiger charge is -1.96. The number of aromatic amines is 2. The summed E-state index contributed by atoms with van der Waals surface area (Å²) in [5.74, 6) is 1.50. The van der Waals surface area contributed by atoms with E-state index >= 15 is 0 Å². The summed E-state index contributed by atoms with van der Waals surface area (Å²) in [4.78, 5) is 12.0. The van der Waals surface area contributed by atoms with E-state index in [0.717, 1.165) is 33.6 Å². The van der Waals surface area contributed by atoms with E-state index in [1.54, 1.807) is 13.3 Å². The van der Waals surface area contributed by atoms with Gasteiger partial charge in [-0.3, -0.25) is 10.1 Å². The highest BCUT2D eigenvalue weighted by Crippen LogP contribution is 2.25. The number of ether oxygens (including phenoxy) is 1. The zero-order valence-electron chi connectivity index (χ0n) is 13.0. The zero-order chi connectivity index (χ0) is 16.4. The Morgan fingerprint density at radius 1 is 1.17 bits per heavy atom. The number of rotatable bonds is 4. The maximum atomic E-state index is 5.25. The second-order valence-electron chi connectivity index (χ2n) is 5.28. The van der Waals surface area contributed by atoms with E-state index in [-0.39, 0.29) is 0 Å². The fraction of sp³-hybridized carbons (Fsp3) is 0.0556. The Labute approximate surface area is 138 Å². The Morgan fingerprint density at radius 2 is 2.12 bits per heavy atom. The van der Waals surface area contributed by atoms with E-state index in [2.05, 4.69) is 25.1 Å². The lowest BCUT2D eigenvalue weighted by molar-refractivity contribution is 0.415. The van der Waals surface area contributed by atoms with Gasteiger partial charge in [0.25, 0.3) is 0 Å². The highest BCUT2D eigenvalue weighted by Gasteiger charge is 2.11.